The molecule has 4 heterocycles. The van der Waals surface area contributed by atoms with E-state index in [0.717, 1.165) is 24.8 Å². The molecular formula is C27H21F4N7O2. The number of nitrogen functional groups attached to an aromatic ring is 1. The molecule has 0 spiro atoms. The average molecular weight is 552 g/mol. The van der Waals surface area contributed by atoms with Gasteiger partial charge in [0.1, 0.15) is 34.5 Å². The van der Waals surface area contributed by atoms with E-state index in [2.05, 4.69) is 27.1 Å². The fourth-order valence-corrected chi connectivity index (χ4v) is 4.69. The molecule has 1 aliphatic heterocycles. The molecular weight excluding hydrogens is 530 g/mol. The zero-order valence-corrected chi connectivity index (χ0v) is 21.0. The van der Waals surface area contributed by atoms with E-state index in [-0.39, 0.29) is 28.8 Å². The Bertz CT molecular complexity index is 1700. The minimum atomic E-state index is -4.63. The number of benzene rings is 1. The summed E-state index contributed by atoms with van der Waals surface area (Å²) in [6, 6.07) is 4.72. The molecule has 1 aliphatic rings. The second-order valence-corrected chi connectivity index (χ2v) is 8.96. The van der Waals surface area contributed by atoms with E-state index >= 15 is 4.39 Å². The standard InChI is InChI=1S/C27H21F4N7O2/c1-2-4-21(39)37-11-3-5-19(37)25-36-22(23-24(32)34-10-12-38(23)25)15-6-7-17(18(28)13-15)26(40)35-20-14-16(8-9-33-20)27(29,30)31/h6-10,12-14,19H,3,5,11H2,1H3,(H2,32,34)(H,33,35,40)/t19-/m0/s1. The first-order valence-electron chi connectivity index (χ1n) is 12.1. The largest absolute Gasteiger partial charge is 0.416 e. The number of nitrogens with two attached hydrogens (primary N) is 1. The van der Waals surface area contributed by atoms with Crippen LogP contribution in [0.25, 0.3) is 16.8 Å². The Balaban J connectivity index is 1.50. The van der Waals surface area contributed by atoms with Crippen molar-refractivity contribution >= 4 is 29.0 Å². The third kappa shape index (κ3) is 4.91. The predicted molar refractivity (Wildman–Crippen MR) is 137 cm³/mol. The molecule has 0 saturated carbocycles. The van der Waals surface area contributed by atoms with E-state index in [9.17, 15) is 22.8 Å². The van der Waals surface area contributed by atoms with Gasteiger partial charge in [-0.1, -0.05) is 12.0 Å². The van der Waals surface area contributed by atoms with Gasteiger partial charge in [0.25, 0.3) is 11.8 Å². The van der Waals surface area contributed by atoms with Crippen molar-refractivity contribution in [3.8, 4) is 23.1 Å². The fraction of sp³-hybridized carbons (Fsp3) is 0.222. The number of anilines is 2. The van der Waals surface area contributed by atoms with Gasteiger partial charge in [0.2, 0.25) is 0 Å². The van der Waals surface area contributed by atoms with Crippen molar-refractivity contribution in [3.05, 3.63) is 71.7 Å². The number of hydrogen-bond donors (Lipinski definition) is 2. The highest BCUT2D eigenvalue weighted by molar-refractivity contribution is 6.04. The maximum atomic E-state index is 15.2. The molecule has 13 heteroatoms. The number of pyridine rings is 1. The van der Waals surface area contributed by atoms with Gasteiger partial charge in [0.15, 0.2) is 0 Å². The second-order valence-electron chi connectivity index (χ2n) is 8.96. The highest BCUT2D eigenvalue weighted by atomic mass is 19.4. The van der Waals surface area contributed by atoms with Crippen LogP contribution in [-0.2, 0) is 11.0 Å². The maximum Gasteiger partial charge on any atom is 0.416 e. The van der Waals surface area contributed by atoms with E-state index in [1.165, 1.54) is 18.3 Å². The van der Waals surface area contributed by atoms with Crippen LogP contribution in [0.15, 0.2) is 48.9 Å². The monoisotopic (exact) mass is 551 g/mol. The van der Waals surface area contributed by atoms with E-state index < -0.39 is 35.1 Å². The zero-order chi connectivity index (χ0) is 28.6. The minimum Gasteiger partial charge on any atom is -0.382 e. The van der Waals surface area contributed by atoms with E-state index in [4.69, 9.17) is 10.7 Å². The van der Waals surface area contributed by atoms with Gasteiger partial charge >= 0.3 is 6.18 Å². The Labute approximate surface area is 225 Å². The summed E-state index contributed by atoms with van der Waals surface area (Å²) in [5.74, 6) is 3.15. The lowest BCUT2D eigenvalue weighted by atomic mass is 10.1. The Kier molecular flexibility index (Phi) is 6.85. The first-order valence-corrected chi connectivity index (χ1v) is 12.1. The number of nitrogens with one attached hydrogen (secondary N) is 1. The third-order valence-corrected chi connectivity index (χ3v) is 6.47. The first kappa shape index (κ1) is 26.6. The van der Waals surface area contributed by atoms with Crippen LogP contribution in [0.3, 0.4) is 0 Å². The van der Waals surface area contributed by atoms with Crippen molar-refractivity contribution in [3.63, 3.8) is 0 Å². The number of aromatic nitrogens is 4. The Morgan fingerprint density at radius 1 is 1.15 bits per heavy atom. The number of rotatable bonds is 4. The quantitative estimate of drug-likeness (QED) is 0.286. The molecule has 0 bridgehead atoms. The summed E-state index contributed by atoms with van der Waals surface area (Å²) in [5, 5.41) is 2.19. The number of fused-ring (bicyclic) bond motifs is 1. The van der Waals surface area contributed by atoms with Crippen molar-refractivity contribution in [1.29, 1.82) is 0 Å². The van der Waals surface area contributed by atoms with E-state index in [1.54, 1.807) is 22.4 Å². The Morgan fingerprint density at radius 2 is 1.95 bits per heavy atom. The highest BCUT2D eigenvalue weighted by Crippen LogP contribution is 2.37. The van der Waals surface area contributed by atoms with Crippen molar-refractivity contribution in [2.75, 3.05) is 17.6 Å². The van der Waals surface area contributed by atoms with Crippen molar-refractivity contribution in [2.24, 2.45) is 0 Å². The summed E-state index contributed by atoms with van der Waals surface area (Å²) < 4.78 is 55.9. The maximum absolute atomic E-state index is 15.2. The number of likely N-dealkylation sites (tertiary alicyclic amines) is 1. The summed E-state index contributed by atoms with van der Waals surface area (Å²) >= 11 is 0. The third-order valence-electron chi connectivity index (χ3n) is 6.47. The second kappa shape index (κ2) is 10.3. The summed E-state index contributed by atoms with van der Waals surface area (Å²) in [7, 11) is 0. The van der Waals surface area contributed by atoms with Crippen LogP contribution < -0.4 is 11.1 Å². The van der Waals surface area contributed by atoms with Gasteiger partial charge in [-0.2, -0.15) is 13.2 Å². The molecule has 1 atom stereocenters. The lowest BCUT2D eigenvalue weighted by molar-refractivity contribution is -0.137. The zero-order valence-electron chi connectivity index (χ0n) is 21.0. The summed E-state index contributed by atoms with van der Waals surface area (Å²) in [6.45, 7) is 2.08. The Morgan fingerprint density at radius 3 is 2.67 bits per heavy atom. The number of carbonyl (C=O) groups excluding carboxylic acids is 2. The summed E-state index contributed by atoms with van der Waals surface area (Å²) in [6.07, 6.45) is 0.765. The number of hydrogen-bond acceptors (Lipinski definition) is 6. The van der Waals surface area contributed by atoms with Gasteiger partial charge in [-0.25, -0.2) is 19.3 Å². The molecule has 3 aromatic heterocycles. The van der Waals surface area contributed by atoms with Crippen molar-refractivity contribution in [2.45, 2.75) is 32.0 Å². The van der Waals surface area contributed by atoms with Crippen LogP contribution in [0.4, 0.5) is 29.2 Å². The SMILES string of the molecule is CC#CC(=O)N1CCC[C@H]1c1nc(-c2ccc(C(=O)Nc3cc(C(F)(F)F)ccn3)c(F)c2)c2c(N)nccn12. The highest BCUT2D eigenvalue weighted by Gasteiger charge is 2.34. The lowest BCUT2D eigenvalue weighted by Gasteiger charge is -2.21. The fourth-order valence-electron chi connectivity index (χ4n) is 4.69. The lowest BCUT2D eigenvalue weighted by Crippen LogP contribution is -2.30. The van der Waals surface area contributed by atoms with Crippen LogP contribution >= 0.6 is 0 Å². The Hall–Kier alpha value is -4.99. The normalized spacial score (nSPS) is 15.1. The van der Waals surface area contributed by atoms with Crippen LogP contribution in [-0.4, -0.2) is 42.6 Å². The van der Waals surface area contributed by atoms with Crippen LogP contribution in [0.1, 0.15) is 47.6 Å². The molecule has 40 heavy (non-hydrogen) atoms. The van der Waals surface area contributed by atoms with Gasteiger partial charge in [0, 0.05) is 30.7 Å². The molecule has 0 radical (unpaired) electrons. The molecule has 9 nitrogen and oxygen atoms in total. The number of carbonyl (C=O) groups is 2. The average Bonchev–Trinajstić information content (AvgIpc) is 3.54. The molecule has 5 rings (SSSR count). The van der Waals surface area contributed by atoms with Gasteiger partial charge < -0.3 is 16.0 Å². The number of halogens is 4. The van der Waals surface area contributed by atoms with Crippen LogP contribution in [0, 0.1) is 17.7 Å². The number of amides is 2. The molecule has 1 fully saturated rings. The number of nitrogens with zero attached hydrogens (tertiary/aromatic N) is 5. The van der Waals surface area contributed by atoms with E-state index in [0.29, 0.717) is 30.4 Å². The van der Waals surface area contributed by atoms with Gasteiger partial charge in [-0.3, -0.25) is 14.0 Å². The number of imidazole rings is 1. The smallest absolute Gasteiger partial charge is 0.382 e. The van der Waals surface area contributed by atoms with Crippen molar-refractivity contribution < 1.29 is 27.2 Å². The first-order chi connectivity index (χ1) is 19.1. The van der Waals surface area contributed by atoms with Gasteiger partial charge in [0.05, 0.1) is 17.2 Å². The molecule has 4 aromatic rings. The molecule has 1 saturated heterocycles. The summed E-state index contributed by atoms with van der Waals surface area (Å²) in [4.78, 5) is 39.4. The van der Waals surface area contributed by atoms with Gasteiger partial charge in [-0.05, 0) is 50.0 Å². The van der Waals surface area contributed by atoms with E-state index in [1.807, 2.05) is 0 Å². The predicted octanol–water partition coefficient (Wildman–Crippen LogP) is 4.47. The molecule has 204 valence electrons. The van der Waals surface area contributed by atoms with Crippen LogP contribution in [0.5, 0.6) is 0 Å². The topological polar surface area (TPSA) is 119 Å². The molecule has 1 aromatic carbocycles. The molecule has 3 N–H and O–H groups in total. The molecule has 0 aliphatic carbocycles. The molecule has 0 unspecified atom stereocenters. The van der Waals surface area contributed by atoms with Crippen LogP contribution in [0.2, 0.25) is 0 Å². The van der Waals surface area contributed by atoms with Gasteiger partial charge in [-0.15, -0.1) is 0 Å². The number of alkyl halides is 3. The van der Waals surface area contributed by atoms with Crippen molar-refractivity contribution in [1.82, 2.24) is 24.3 Å². The summed E-state index contributed by atoms with van der Waals surface area (Å²) in [5.41, 5.74) is 5.71. The molecule has 2 amide bonds. The minimum absolute atomic E-state index is 0.123.